The summed E-state index contributed by atoms with van der Waals surface area (Å²) in [4.78, 5) is 0.0983. The molecule has 1 aromatic rings. The topological polar surface area (TPSA) is 54.4 Å². The van der Waals surface area contributed by atoms with Crippen LogP contribution in [0.1, 0.15) is 153 Å². The minimum Gasteiger partial charge on any atom is -0.282 e. The Kier molecular flexibility index (Phi) is 17.7. The van der Waals surface area contributed by atoms with E-state index in [-0.39, 0.29) is 4.90 Å². The SMILES string of the molecule is CCCCCCCCc1cc(S(=O)(=O)O)cc(CCCCCCCC)c1CCCCCCCC. The Morgan fingerprint density at radius 1 is 0.529 bits per heavy atom. The Bertz CT molecular complexity index is 702. The molecule has 0 unspecified atom stereocenters. The van der Waals surface area contributed by atoms with Crippen LogP contribution >= 0.6 is 0 Å². The number of benzene rings is 1. The highest BCUT2D eigenvalue weighted by atomic mass is 32.2. The molecule has 0 fully saturated rings. The van der Waals surface area contributed by atoms with E-state index in [4.69, 9.17) is 0 Å². The van der Waals surface area contributed by atoms with Gasteiger partial charge in [-0.05, 0) is 67.3 Å². The summed E-state index contributed by atoms with van der Waals surface area (Å²) < 4.78 is 34.0. The minimum atomic E-state index is -4.19. The third kappa shape index (κ3) is 13.9. The molecule has 0 atom stereocenters. The smallest absolute Gasteiger partial charge is 0.282 e. The van der Waals surface area contributed by atoms with Crippen molar-refractivity contribution >= 4 is 10.1 Å². The largest absolute Gasteiger partial charge is 0.294 e. The van der Waals surface area contributed by atoms with Gasteiger partial charge in [0, 0.05) is 0 Å². The van der Waals surface area contributed by atoms with Gasteiger partial charge in [0.25, 0.3) is 10.1 Å². The molecule has 0 saturated heterocycles. The molecule has 1 N–H and O–H groups in total. The van der Waals surface area contributed by atoms with E-state index in [9.17, 15) is 13.0 Å². The lowest BCUT2D eigenvalue weighted by atomic mass is 9.90. The molecule has 0 aliphatic heterocycles. The van der Waals surface area contributed by atoms with Crippen LogP contribution in [0.15, 0.2) is 17.0 Å². The van der Waals surface area contributed by atoms with Crippen LogP contribution in [0, 0.1) is 0 Å². The molecule has 34 heavy (non-hydrogen) atoms. The number of hydrogen-bond donors (Lipinski definition) is 1. The zero-order valence-electron chi connectivity index (χ0n) is 22.7. The molecule has 1 aromatic carbocycles. The van der Waals surface area contributed by atoms with Gasteiger partial charge in [0.2, 0.25) is 0 Å². The summed E-state index contributed by atoms with van der Waals surface area (Å²) in [5, 5.41) is 0. The normalized spacial score (nSPS) is 11.9. The molecule has 3 nitrogen and oxygen atoms in total. The Labute approximate surface area is 212 Å². The molecule has 0 aliphatic carbocycles. The number of unbranched alkanes of at least 4 members (excludes halogenated alkanes) is 15. The first-order valence-corrected chi connectivity index (χ1v) is 16.0. The first kappa shape index (κ1) is 31.2. The van der Waals surface area contributed by atoms with Crippen LogP contribution in [0.5, 0.6) is 0 Å². The highest BCUT2D eigenvalue weighted by molar-refractivity contribution is 7.85. The molecule has 1 rings (SSSR count). The maximum atomic E-state index is 12.1. The van der Waals surface area contributed by atoms with Crippen molar-refractivity contribution < 1.29 is 13.0 Å². The summed E-state index contributed by atoms with van der Waals surface area (Å²) in [7, 11) is -4.19. The fraction of sp³-hybridized carbons (Fsp3) is 0.800. The minimum absolute atomic E-state index is 0.0983. The van der Waals surface area contributed by atoms with Crippen molar-refractivity contribution in [2.75, 3.05) is 0 Å². The summed E-state index contributed by atoms with van der Waals surface area (Å²) in [5.41, 5.74) is 3.71. The first-order chi connectivity index (χ1) is 16.4. The molecule has 4 heteroatoms. The molecule has 0 radical (unpaired) electrons. The third-order valence-electron chi connectivity index (χ3n) is 7.09. The Balaban J connectivity index is 2.95. The summed E-state index contributed by atoms with van der Waals surface area (Å²) in [6.45, 7) is 6.72. The van der Waals surface area contributed by atoms with Crippen LogP contribution in [-0.4, -0.2) is 13.0 Å². The predicted octanol–water partition coefficient (Wildman–Crippen LogP) is 9.64. The van der Waals surface area contributed by atoms with Crippen LogP contribution in [0.25, 0.3) is 0 Å². The van der Waals surface area contributed by atoms with E-state index >= 15 is 0 Å². The van der Waals surface area contributed by atoms with Crippen molar-refractivity contribution in [3.8, 4) is 0 Å². The molecule has 0 aliphatic rings. The average molecular weight is 495 g/mol. The molecule has 0 saturated carbocycles. The molecule has 0 amide bonds. The highest BCUT2D eigenvalue weighted by Gasteiger charge is 2.17. The van der Waals surface area contributed by atoms with Gasteiger partial charge in [0.15, 0.2) is 0 Å². The Morgan fingerprint density at radius 3 is 1.21 bits per heavy atom. The second kappa shape index (κ2) is 19.3. The monoisotopic (exact) mass is 494 g/mol. The molecule has 0 aromatic heterocycles. The summed E-state index contributed by atoms with van der Waals surface area (Å²) in [5.74, 6) is 0. The van der Waals surface area contributed by atoms with Crippen LogP contribution in [0.4, 0.5) is 0 Å². The van der Waals surface area contributed by atoms with Crippen molar-refractivity contribution in [3.63, 3.8) is 0 Å². The van der Waals surface area contributed by atoms with Gasteiger partial charge in [0.05, 0.1) is 4.90 Å². The van der Waals surface area contributed by atoms with Gasteiger partial charge in [-0.15, -0.1) is 0 Å². The Morgan fingerprint density at radius 2 is 0.853 bits per heavy atom. The fourth-order valence-corrected chi connectivity index (χ4v) is 5.54. The number of aryl methyl sites for hydroxylation is 2. The number of hydrogen-bond acceptors (Lipinski definition) is 2. The summed E-state index contributed by atoms with van der Waals surface area (Å²) >= 11 is 0. The van der Waals surface area contributed by atoms with Gasteiger partial charge >= 0.3 is 0 Å². The van der Waals surface area contributed by atoms with Gasteiger partial charge in [0.1, 0.15) is 0 Å². The average Bonchev–Trinajstić information content (AvgIpc) is 2.80. The quantitative estimate of drug-likeness (QED) is 0.129. The lowest BCUT2D eigenvalue weighted by molar-refractivity contribution is 0.482. The van der Waals surface area contributed by atoms with E-state index in [1.54, 1.807) is 12.1 Å². The second-order valence-corrected chi connectivity index (χ2v) is 11.7. The van der Waals surface area contributed by atoms with Gasteiger partial charge in [-0.1, -0.05) is 117 Å². The first-order valence-electron chi connectivity index (χ1n) is 14.6. The fourth-order valence-electron chi connectivity index (χ4n) is 4.96. The van der Waals surface area contributed by atoms with E-state index in [1.807, 2.05) is 0 Å². The highest BCUT2D eigenvalue weighted by Crippen LogP contribution is 2.27. The molecule has 0 spiro atoms. The van der Waals surface area contributed by atoms with Crippen molar-refractivity contribution in [2.24, 2.45) is 0 Å². The molecular formula is C30H54O3S. The van der Waals surface area contributed by atoms with Crippen molar-refractivity contribution in [1.29, 1.82) is 0 Å². The standard InChI is InChI=1S/C30H54O3S/c1-4-7-10-13-16-19-22-27-25-29(34(31,32)33)26-28(23-20-17-14-11-8-5-2)30(27)24-21-18-15-12-9-6-3/h25-26H,4-24H2,1-3H3,(H,31,32,33). The van der Waals surface area contributed by atoms with Crippen molar-refractivity contribution in [1.82, 2.24) is 0 Å². The van der Waals surface area contributed by atoms with Crippen LogP contribution in [0.2, 0.25) is 0 Å². The van der Waals surface area contributed by atoms with E-state index in [0.29, 0.717) is 0 Å². The lowest BCUT2D eigenvalue weighted by Gasteiger charge is -2.17. The zero-order chi connectivity index (χ0) is 25.1. The van der Waals surface area contributed by atoms with Crippen LogP contribution in [0.3, 0.4) is 0 Å². The molecule has 0 heterocycles. The summed E-state index contributed by atoms with van der Waals surface area (Å²) in [6.07, 6.45) is 25.2. The van der Waals surface area contributed by atoms with Gasteiger partial charge in [-0.3, -0.25) is 4.55 Å². The predicted molar refractivity (Wildman–Crippen MR) is 147 cm³/mol. The van der Waals surface area contributed by atoms with Crippen LogP contribution < -0.4 is 0 Å². The van der Waals surface area contributed by atoms with E-state index in [1.165, 1.54) is 119 Å². The Hall–Kier alpha value is -0.870. The van der Waals surface area contributed by atoms with Crippen molar-refractivity contribution in [2.45, 2.75) is 161 Å². The van der Waals surface area contributed by atoms with Crippen LogP contribution in [-0.2, 0) is 29.4 Å². The number of rotatable bonds is 22. The van der Waals surface area contributed by atoms with E-state index < -0.39 is 10.1 Å². The molecule has 0 bridgehead atoms. The van der Waals surface area contributed by atoms with Crippen molar-refractivity contribution in [3.05, 3.63) is 28.8 Å². The van der Waals surface area contributed by atoms with Gasteiger partial charge in [-0.2, -0.15) is 8.42 Å². The van der Waals surface area contributed by atoms with Gasteiger partial charge in [-0.25, -0.2) is 0 Å². The maximum Gasteiger partial charge on any atom is 0.294 e. The maximum absolute atomic E-state index is 12.1. The zero-order valence-corrected chi connectivity index (χ0v) is 23.5. The molecular weight excluding hydrogens is 440 g/mol. The molecule has 198 valence electrons. The summed E-state index contributed by atoms with van der Waals surface area (Å²) in [6, 6.07) is 3.55. The van der Waals surface area contributed by atoms with Gasteiger partial charge < -0.3 is 0 Å². The van der Waals surface area contributed by atoms with E-state index in [0.717, 1.165) is 32.1 Å². The lowest BCUT2D eigenvalue weighted by Crippen LogP contribution is -2.07. The second-order valence-electron chi connectivity index (χ2n) is 10.2. The third-order valence-corrected chi connectivity index (χ3v) is 7.92. The van der Waals surface area contributed by atoms with E-state index in [2.05, 4.69) is 20.8 Å².